The fourth-order valence-electron chi connectivity index (χ4n) is 0.980. The molecule has 0 fully saturated rings. The van der Waals surface area contributed by atoms with Gasteiger partial charge in [0.25, 0.3) is 0 Å². The highest BCUT2D eigenvalue weighted by atomic mass is 32.1. The number of hydrogen-bond acceptors (Lipinski definition) is 4. The Hall–Kier alpha value is -0.870. The molecule has 2 N–H and O–H groups in total. The Balaban J connectivity index is 2.43. The summed E-state index contributed by atoms with van der Waals surface area (Å²) in [5, 5.41) is 1.95. The zero-order chi connectivity index (χ0) is 11.5. The van der Waals surface area contributed by atoms with Crippen LogP contribution in [0.4, 0.5) is 0 Å². The van der Waals surface area contributed by atoms with Gasteiger partial charge in [0.1, 0.15) is 12.6 Å². The molecule has 1 aromatic heterocycles. The van der Waals surface area contributed by atoms with E-state index >= 15 is 0 Å². The minimum atomic E-state index is -0.572. The third-order valence-electron chi connectivity index (χ3n) is 2.12. The molecule has 0 unspecified atom stereocenters. The summed E-state index contributed by atoms with van der Waals surface area (Å²) in [5.41, 5.74) is 5.51. The molecule has 0 saturated carbocycles. The zero-order valence-corrected chi connectivity index (χ0v) is 10.1. The maximum Gasteiger partial charge on any atom is 0.323 e. The molecule has 4 heteroatoms. The second kappa shape index (κ2) is 4.77. The molecule has 0 aliphatic rings. The molecule has 1 rings (SSSR count). The fraction of sp³-hybridized carbons (Fsp3) is 0.545. The number of ether oxygens (including phenoxy) is 1. The molecule has 0 aromatic carbocycles. The standard InChI is InChI=1S/C11H17NO2S/c1-11(2,3)9(12)10(13)14-7-8-5-4-6-15-8/h4-6,9H,7,12H2,1-3H3/t9-/m0/s1. The Morgan fingerprint density at radius 3 is 2.73 bits per heavy atom. The highest BCUT2D eigenvalue weighted by Crippen LogP contribution is 2.19. The topological polar surface area (TPSA) is 52.3 Å². The number of rotatable bonds is 3. The smallest absolute Gasteiger partial charge is 0.323 e. The van der Waals surface area contributed by atoms with Gasteiger partial charge in [-0.2, -0.15) is 0 Å². The van der Waals surface area contributed by atoms with Gasteiger partial charge in [-0.1, -0.05) is 26.8 Å². The molecule has 0 bridgehead atoms. The molecular formula is C11H17NO2S. The average Bonchev–Trinajstić information content (AvgIpc) is 2.63. The van der Waals surface area contributed by atoms with E-state index < -0.39 is 6.04 Å². The number of carbonyl (C=O) groups excluding carboxylic acids is 1. The second-order valence-corrected chi connectivity index (χ2v) is 5.56. The van der Waals surface area contributed by atoms with Crippen LogP contribution in [0.2, 0.25) is 0 Å². The van der Waals surface area contributed by atoms with Crippen LogP contribution in [0.25, 0.3) is 0 Å². The summed E-state index contributed by atoms with van der Waals surface area (Å²) in [7, 11) is 0. The lowest BCUT2D eigenvalue weighted by molar-refractivity contribution is -0.149. The molecule has 0 aliphatic carbocycles. The fourth-order valence-corrected chi connectivity index (χ4v) is 1.60. The minimum Gasteiger partial charge on any atom is -0.459 e. The lowest BCUT2D eigenvalue weighted by Gasteiger charge is -2.24. The highest BCUT2D eigenvalue weighted by molar-refractivity contribution is 7.09. The summed E-state index contributed by atoms with van der Waals surface area (Å²) in [6.45, 7) is 6.08. The molecule has 1 atom stereocenters. The highest BCUT2D eigenvalue weighted by Gasteiger charge is 2.28. The lowest BCUT2D eigenvalue weighted by atomic mass is 9.87. The Morgan fingerprint density at radius 2 is 2.27 bits per heavy atom. The van der Waals surface area contributed by atoms with Crippen LogP contribution in [0.1, 0.15) is 25.6 Å². The summed E-state index contributed by atoms with van der Waals surface area (Å²) >= 11 is 1.57. The van der Waals surface area contributed by atoms with Crippen molar-refractivity contribution in [3.8, 4) is 0 Å². The number of thiophene rings is 1. The predicted octanol–water partition coefficient (Wildman–Crippen LogP) is 2.16. The van der Waals surface area contributed by atoms with Crippen molar-refractivity contribution in [2.45, 2.75) is 33.4 Å². The van der Waals surface area contributed by atoms with Crippen LogP contribution in [-0.2, 0) is 16.1 Å². The van der Waals surface area contributed by atoms with Crippen molar-refractivity contribution in [2.24, 2.45) is 11.1 Å². The van der Waals surface area contributed by atoms with Gasteiger partial charge in [0.2, 0.25) is 0 Å². The normalized spacial score (nSPS) is 13.6. The quantitative estimate of drug-likeness (QED) is 0.805. The van der Waals surface area contributed by atoms with Crippen LogP contribution >= 0.6 is 11.3 Å². The van der Waals surface area contributed by atoms with Crippen LogP contribution in [0.5, 0.6) is 0 Å². The van der Waals surface area contributed by atoms with E-state index in [0.717, 1.165) is 4.88 Å². The molecular weight excluding hydrogens is 210 g/mol. The van der Waals surface area contributed by atoms with Gasteiger partial charge in [-0.15, -0.1) is 11.3 Å². The monoisotopic (exact) mass is 227 g/mol. The third kappa shape index (κ3) is 3.64. The Labute approximate surface area is 94.2 Å². The maximum atomic E-state index is 11.5. The van der Waals surface area contributed by atoms with E-state index in [2.05, 4.69) is 0 Å². The van der Waals surface area contributed by atoms with E-state index in [4.69, 9.17) is 10.5 Å². The third-order valence-corrected chi connectivity index (χ3v) is 2.97. The first-order chi connectivity index (χ1) is 6.91. The summed E-state index contributed by atoms with van der Waals surface area (Å²) in [4.78, 5) is 12.6. The van der Waals surface area contributed by atoms with E-state index in [9.17, 15) is 4.79 Å². The molecule has 0 radical (unpaired) electrons. The van der Waals surface area contributed by atoms with Crippen molar-refractivity contribution >= 4 is 17.3 Å². The van der Waals surface area contributed by atoms with E-state index in [0.29, 0.717) is 6.61 Å². The molecule has 0 spiro atoms. The predicted molar refractivity (Wildman–Crippen MR) is 61.5 cm³/mol. The van der Waals surface area contributed by atoms with Gasteiger partial charge in [-0.3, -0.25) is 4.79 Å². The van der Waals surface area contributed by atoms with E-state index in [1.807, 2.05) is 38.3 Å². The Bertz CT molecular complexity index is 314. The minimum absolute atomic E-state index is 0.257. The maximum absolute atomic E-state index is 11.5. The first-order valence-electron chi connectivity index (χ1n) is 4.86. The average molecular weight is 227 g/mol. The molecule has 1 heterocycles. The van der Waals surface area contributed by atoms with E-state index in [1.54, 1.807) is 11.3 Å². The Morgan fingerprint density at radius 1 is 1.60 bits per heavy atom. The number of hydrogen-bond donors (Lipinski definition) is 1. The van der Waals surface area contributed by atoms with Gasteiger partial charge in [0, 0.05) is 4.88 Å². The number of nitrogens with two attached hydrogens (primary N) is 1. The molecule has 0 saturated heterocycles. The molecule has 15 heavy (non-hydrogen) atoms. The first-order valence-corrected chi connectivity index (χ1v) is 5.74. The van der Waals surface area contributed by atoms with Crippen molar-refractivity contribution < 1.29 is 9.53 Å². The molecule has 3 nitrogen and oxygen atoms in total. The van der Waals surface area contributed by atoms with Crippen molar-refractivity contribution in [2.75, 3.05) is 0 Å². The van der Waals surface area contributed by atoms with Crippen LogP contribution in [0.15, 0.2) is 17.5 Å². The Kier molecular flexibility index (Phi) is 3.88. The lowest BCUT2D eigenvalue weighted by Crippen LogP contribution is -2.43. The van der Waals surface area contributed by atoms with Crippen LogP contribution in [0, 0.1) is 5.41 Å². The van der Waals surface area contributed by atoms with Gasteiger partial charge in [-0.25, -0.2) is 0 Å². The van der Waals surface area contributed by atoms with E-state index in [-0.39, 0.29) is 11.4 Å². The van der Waals surface area contributed by atoms with E-state index in [1.165, 1.54) is 0 Å². The zero-order valence-electron chi connectivity index (χ0n) is 9.32. The van der Waals surface area contributed by atoms with Crippen molar-refractivity contribution in [1.82, 2.24) is 0 Å². The summed E-state index contributed by atoms with van der Waals surface area (Å²) < 4.78 is 5.12. The summed E-state index contributed by atoms with van der Waals surface area (Å²) in [6, 6.07) is 3.29. The molecule has 0 aliphatic heterocycles. The number of carbonyl (C=O) groups is 1. The van der Waals surface area contributed by atoms with Crippen LogP contribution < -0.4 is 5.73 Å². The van der Waals surface area contributed by atoms with Crippen molar-refractivity contribution in [3.63, 3.8) is 0 Å². The van der Waals surface area contributed by atoms with Gasteiger partial charge < -0.3 is 10.5 Å². The molecule has 0 amide bonds. The molecule has 84 valence electrons. The van der Waals surface area contributed by atoms with Crippen LogP contribution in [-0.4, -0.2) is 12.0 Å². The van der Waals surface area contributed by atoms with Gasteiger partial charge in [-0.05, 0) is 16.9 Å². The largest absolute Gasteiger partial charge is 0.459 e. The van der Waals surface area contributed by atoms with Crippen molar-refractivity contribution in [3.05, 3.63) is 22.4 Å². The number of esters is 1. The van der Waals surface area contributed by atoms with Gasteiger partial charge in [0.05, 0.1) is 0 Å². The van der Waals surface area contributed by atoms with Crippen molar-refractivity contribution in [1.29, 1.82) is 0 Å². The molecule has 1 aromatic rings. The van der Waals surface area contributed by atoms with Gasteiger partial charge in [0.15, 0.2) is 0 Å². The second-order valence-electron chi connectivity index (χ2n) is 4.53. The first kappa shape index (κ1) is 12.2. The van der Waals surface area contributed by atoms with Gasteiger partial charge >= 0.3 is 5.97 Å². The SMILES string of the molecule is CC(C)(C)[C@@H](N)C(=O)OCc1cccs1. The summed E-state index contributed by atoms with van der Waals surface area (Å²) in [5.74, 6) is -0.337. The van der Waals surface area contributed by atoms with Crippen LogP contribution in [0.3, 0.4) is 0 Å². The summed E-state index contributed by atoms with van der Waals surface area (Å²) in [6.07, 6.45) is 0.